The highest BCUT2D eigenvalue weighted by Crippen LogP contribution is 2.30. The summed E-state index contributed by atoms with van der Waals surface area (Å²) in [5.41, 5.74) is 1.12. The van der Waals surface area contributed by atoms with Crippen LogP contribution in [0.4, 0.5) is 0 Å². The minimum atomic E-state index is 0.291. The molecule has 0 radical (unpaired) electrons. The summed E-state index contributed by atoms with van der Waals surface area (Å²) in [6.07, 6.45) is 2.65. The van der Waals surface area contributed by atoms with E-state index in [9.17, 15) is 0 Å². The van der Waals surface area contributed by atoms with Gasteiger partial charge in [0, 0.05) is 35.1 Å². The van der Waals surface area contributed by atoms with Gasteiger partial charge in [0.25, 0.3) is 0 Å². The second-order valence-corrected chi connectivity index (χ2v) is 8.94. The highest BCUT2D eigenvalue weighted by atomic mass is 32.2. The van der Waals surface area contributed by atoms with Crippen molar-refractivity contribution in [2.24, 2.45) is 0 Å². The van der Waals surface area contributed by atoms with Crippen LogP contribution < -0.4 is 5.32 Å². The van der Waals surface area contributed by atoms with Crippen molar-refractivity contribution < 1.29 is 4.74 Å². The number of nitrogens with zero attached hydrogens (tertiary/aromatic N) is 1. The Morgan fingerprint density at radius 1 is 1.42 bits per heavy atom. The van der Waals surface area contributed by atoms with Gasteiger partial charge in [-0.25, -0.2) is 4.98 Å². The first kappa shape index (κ1) is 15.3. The van der Waals surface area contributed by atoms with Gasteiger partial charge in [-0.2, -0.15) is 0 Å². The van der Waals surface area contributed by atoms with E-state index in [0.717, 1.165) is 24.0 Å². The fourth-order valence-electron chi connectivity index (χ4n) is 1.69. The Morgan fingerprint density at radius 3 is 2.74 bits per heavy atom. The number of nitrogens with one attached hydrogen (secondary N) is 1. The van der Waals surface area contributed by atoms with Crippen LogP contribution in [-0.2, 0) is 23.6 Å². The van der Waals surface area contributed by atoms with Crippen molar-refractivity contribution in [3.05, 3.63) is 15.6 Å². The van der Waals surface area contributed by atoms with Crippen molar-refractivity contribution in [1.82, 2.24) is 10.3 Å². The lowest BCUT2D eigenvalue weighted by Crippen LogP contribution is -2.15. The molecule has 3 nitrogen and oxygen atoms in total. The van der Waals surface area contributed by atoms with E-state index in [-0.39, 0.29) is 0 Å². The number of rotatable bonds is 7. The molecule has 0 saturated heterocycles. The fraction of sp³-hybridized carbons (Fsp3) is 0.786. The molecule has 0 spiro atoms. The molecule has 1 N–H and O–H groups in total. The zero-order valence-corrected chi connectivity index (χ0v) is 13.9. The molecule has 0 aliphatic heterocycles. The molecule has 1 saturated carbocycles. The van der Waals surface area contributed by atoms with Crippen LogP contribution in [0.1, 0.15) is 49.2 Å². The second-order valence-electron chi connectivity index (χ2n) is 5.97. The molecule has 1 aliphatic rings. The fourth-order valence-corrected chi connectivity index (χ4v) is 3.54. The normalized spacial score (nSPS) is 16.0. The number of hydrogen-bond acceptors (Lipinski definition) is 5. The van der Waals surface area contributed by atoms with E-state index in [1.54, 1.807) is 7.11 Å². The molecule has 0 atom stereocenters. The summed E-state index contributed by atoms with van der Waals surface area (Å²) in [6, 6.07) is 0.741. The molecule has 1 aromatic heterocycles. The lowest BCUT2D eigenvalue weighted by Gasteiger charge is -2.16. The van der Waals surface area contributed by atoms with Crippen molar-refractivity contribution in [1.29, 1.82) is 0 Å². The lowest BCUT2D eigenvalue weighted by molar-refractivity contribution is 0.181. The summed E-state index contributed by atoms with van der Waals surface area (Å²) in [4.78, 5) is 6.08. The molecule has 1 aromatic rings. The number of thiazole rings is 1. The van der Waals surface area contributed by atoms with Crippen LogP contribution in [0.25, 0.3) is 0 Å². The first-order chi connectivity index (χ1) is 8.98. The van der Waals surface area contributed by atoms with E-state index in [0.29, 0.717) is 11.4 Å². The SMILES string of the molecule is COCc1nc(CSC(C)(C)C)sc1CNC1CC1. The van der Waals surface area contributed by atoms with Gasteiger partial charge in [-0.15, -0.1) is 23.1 Å². The maximum absolute atomic E-state index is 5.26. The van der Waals surface area contributed by atoms with Crippen molar-refractivity contribution in [3.63, 3.8) is 0 Å². The van der Waals surface area contributed by atoms with Gasteiger partial charge in [0.05, 0.1) is 12.3 Å². The lowest BCUT2D eigenvalue weighted by atomic mass is 10.3. The van der Waals surface area contributed by atoms with E-state index in [1.807, 2.05) is 23.1 Å². The number of ether oxygens (including phenoxy) is 1. The first-order valence-electron chi connectivity index (χ1n) is 6.81. The van der Waals surface area contributed by atoms with Crippen LogP contribution in [0.2, 0.25) is 0 Å². The van der Waals surface area contributed by atoms with Crippen molar-refractivity contribution in [2.75, 3.05) is 7.11 Å². The molecule has 19 heavy (non-hydrogen) atoms. The van der Waals surface area contributed by atoms with Gasteiger partial charge in [0.15, 0.2) is 0 Å². The average molecular weight is 300 g/mol. The summed E-state index contributed by atoms with van der Waals surface area (Å²) in [6.45, 7) is 8.31. The molecule has 0 bridgehead atoms. The van der Waals surface area contributed by atoms with Crippen LogP contribution in [-0.4, -0.2) is 22.9 Å². The molecular weight excluding hydrogens is 276 g/mol. The third kappa shape index (κ3) is 5.42. The minimum absolute atomic E-state index is 0.291. The topological polar surface area (TPSA) is 34.1 Å². The van der Waals surface area contributed by atoms with Crippen molar-refractivity contribution in [2.45, 2.75) is 63.3 Å². The van der Waals surface area contributed by atoms with E-state index < -0.39 is 0 Å². The Morgan fingerprint density at radius 2 is 2.16 bits per heavy atom. The molecular formula is C14H24N2OS2. The van der Waals surface area contributed by atoms with Gasteiger partial charge in [0.2, 0.25) is 0 Å². The predicted molar refractivity (Wildman–Crippen MR) is 83.7 cm³/mol. The monoisotopic (exact) mass is 300 g/mol. The summed E-state index contributed by atoms with van der Waals surface area (Å²) in [7, 11) is 1.74. The Kier molecular flexibility index (Phi) is 5.29. The number of thioether (sulfide) groups is 1. The molecule has 108 valence electrons. The Balaban J connectivity index is 1.96. The summed E-state index contributed by atoms with van der Waals surface area (Å²) >= 11 is 3.79. The quantitative estimate of drug-likeness (QED) is 0.834. The number of methoxy groups -OCH3 is 1. The van der Waals surface area contributed by atoms with Gasteiger partial charge in [-0.05, 0) is 12.8 Å². The summed E-state index contributed by atoms with van der Waals surface area (Å²) < 4.78 is 5.55. The average Bonchev–Trinajstić information content (AvgIpc) is 3.07. The van der Waals surface area contributed by atoms with Crippen LogP contribution in [0.5, 0.6) is 0 Å². The van der Waals surface area contributed by atoms with Crippen LogP contribution >= 0.6 is 23.1 Å². The number of hydrogen-bond donors (Lipinski definition) is 1. The third-order valence-electron chi connectivity index (χ3n) is 2.86. The van der Waals surface area contributed by atoms with Gasteiger partial charge in [-0.3, -0.25) is 0 Å². The highest BCUT2D eigenvalue weighted by molar-refractivity contribution is 7.99. The molecule has 0 unspecified atom stereocenters. The molecule has 0 amide bonds. The second kappa shape index (κ2) is 6.57. The van der Waals surface area contributed by atoms with Gasteiger partial charge in [-0.1, -0.05) is 20.8 Å². The van der Waals surface area contributed by atoms with Gasteiger partial charge in [0.1, 0.15) is 5.01 Å². The molecule has 1 aliphatic carbocycles. The molecule has 0 aromatic carbocycles. The molecule has 2 rings (SSSR count). The summed E-state index contributed by atoms with van der Waals surface area (Å²) in [5.74, 6) is 0.994. The standard InChI is InChI=1S/C14H24N2OS2/c1-14(2,3)18-9-13-16-11(8-17-4)12(19-13)7-15-10-5-6-10/h10,15H,5-9H2,1-4H3. The van der Waals surface area contributed by atoms with Crippen LogP contribution in [0, 0.1) is 0 Å². The van der Waals surface area contributed by atoms with E-state index in [4.69, 9.17) is 9.72 Å². The Hall–Kier alpha value is -0.100. The van der Waals surface area contributed by atoms with Gasteiger partial charge >= 0.3 is 0 Å². The maximum atomic E-state index is 5.26. The van der Waals surface area contributed by atoms with E-state index >= 15 is 0 Å². The van der Waals surface area contributed by atoms with Gasteiger partial charge < -0.3 is 10.1 Å². The number of aromatic nitrogens is 1. The third-order valence-corrected chi connectivity index (χ3v) is 5.43. The zero-order chi connectivity index (χ0) is 13.9. The minimum Gasteiger partial charge on any atom is -0.378 e. The van der Waals surface area contributed by atoms with Crippen molar-refractivity contribution >= 4 is 23.1 Å². The molecule has 5 heteroatoms. The zero-order valence-electron chi connectivity index (χ0n) is 12.3. The van der Waals surface area contributed by atoms with E-state index in [1.165, 1.54) is 22.7 Å². The first-order valence-corrected chi connectivity index (χ1v) is 8.62. The van der Waals surface area contributed by atoms with Crippen molar-refractivity contribution in [3.8, 4) is 0 Å². The maximum Gasteiger partial charge on any atom is 0.103 e. The molecule has 1 heterocycles. The molecule has 1 fully saturated rings. The van der Waals surface area contributed by atoms with Crippen LogP contribution in [0.3, 0.4) is 0 Å². The Bertz CT molecular complexity index is 408. The predicted octanol–water partition coefficient (Wildman–Crippen LogP) is 3.57. The Labute approximate surface area is 124 Å². The van der Waals surface area contributed by atoms with E-state index in [2.05, 4.69) is 26.1 Å². The highest BCUT2D eigenvalue weighted by Gasteiger charge is 2.22. The largest absolute Gasteiger partial charge is 0.378 e. The van der Waals surface area contributed by atoms with Crippen LogP contribution in [0.15, 0.2) is 0 Å². The smallest absolute Gasteiger partial charge is 0.103 e. The summed E-state index contributed by atoms with van der Waals surface area (Å²) in [5, 5.41) is 4.79.